The average Bonchev–Trinajstić information content (AvgIpc) is 2.88. The molecule has 4 rings (SSSR count). The van der Waals surface area contributed by atoms with Gasteiger partial charge in [0.25, 0.3) is 0 Å². The highest BCUT2D eigenvalue weighted by molar-refractivity contribution is 5.85. The number of hydrogen-bond acceptors (Lipinski definition) is 4. The first-order chi connectivity index (χ1) is 11.2. The third-order valence-electron chi connectivity index (χ3n) is 5.72. The molecular formula is C18H25N3O2. The van der Waals surface area contributed by atoms with Crippen molar-refractivity contribution in [3.8, 4) is 5.75 Å². The number of rotatable bonds is 2. The Balaban J connectivity index is 1.49. The summed E-state index contributed by atoms with van der Waals surface area (Å²) >= 11 is 0. The zero-order chi connectivity index (χ0) is 15.9. The Morgan fingerprint density at radius 2 is 2.04 bits per heavy atom. The van der Waals surface area contributed by atoms with Crippen LogP contribution in [-0.2, 0) is 4.79 Å². The molecule has 1 aromatic carbocycles. The average molecular weight is 315 g/mol. The maximum Gasteiger partial charge on any atom is 0.238 e. The molecule has 23 heavy (non-hydrogen) atoms. The molecule has 5 heteroatoms. The normalized spacial score (nSPS) is 26.9. The largest absolute Gasteiger partial charge is 0.497 e. The minimum Gasteiger partial charge on any atom is -0.497 e. The molecule has 1 unspecified atom stereocenters. The van der Waals surface area contributed by atoms with Gasteiger partial charge in [0.2, 0.25) is 5.91 Å². The molecule has 3 aliphatic heterocycles. The van der Waals surface area contributed by atoms with Crippen molar-refractivity contribution >= 4 is 11.6 Å². The van der Waals surface area contributed by atoms with Crippen molar-refractivity contribution in [2.45, 2.75) is 43.8 Å². The highest BCUT2D eigenvalue weighted by Crippen LogP contribution is 2.38. The number of ether oxygens (including phenoxy) is 1. The second kappa shape index (κ2) is 5.71. The van der Waals surface area contributed by atoms with E-state index in [1.165, 1.54) is 18.5 Å². The molecule has 1 aromatic rings. The van der Waals surface area contributed by atoms with Crippen LogP contribution in [0, 0.1) is 0 Å². The molecule has 1 spiro atoms. The number of hydrogen-bond donors (Lipinski definition) is 1. The number of amides is 1. The van der Waals surface area contributed by atoms with Crippen LogP contribution < -0.4 is 15.0 Å². The lowest BCUT2D eigenvalue weighted by atomic mass is 9.92. The van der Waals surface area contributed by atoms with E-state index in [0.29, 0.717) is 0 Å². The fourth-order valence-corrected chi connectivity index (χ4v) is 4.46. The Bertz CT molecular complexity index is 596. The first-order valence-electron chi connectivity index (χ1n) is 8.70. The van der Waals surface area contributed by atoms with Gasteiger partial charge in [0.15, 0.2) is 0 Å². The summed E-state index contributed by atoms with van der Waals surface area (Å²) in [5, 5.41) is 3.34. The Labute approximate surface area is 137 Å². The molecule has 0 bridgehead atoms. The highest BCUT2D eigenvalue weighted by atomic mass is 16.5. The van der Waals surface area contributed by atoms with E-state index in [2.05, 4.69) is 27.2 Å². The van der Waals surface area contributed by atoms with Crippen molar-refractivity contribution < 1.29 is 9.53 Å². The lowest BCUT2D eigenvalue weighted by Gasteiger charge is -2.47. The molecule has 1 N–H and O–H groups in total. The van der Waals surface area contributed by atoms with E-state index in [1.54, 1.807) is 7.11 Å². The second-order valence-corrected chi connectivity index (χ2v) is 6.91. The Morgan fingerprint density at radius 3 is 2.83 bits per heavy atom. The summed E-state index contributed by atoms with van der Waals surface area (Å²) in [6, 6.07) is 8.36. The van der Waals surface area contributed by atoms with Crippen LogP contribution in [0.2, 0.25) is 0 Å². The van der Waals surface area contributed by atoms with Gasteiger partial charge in [-0.15, -0.1) is 0 Å². The van der Waals surface area contributed by atoms with Crippen molar-refractivity contribution in [3.05, 3.63) is 24.3 Å². The van der Waals surface area contributed by atoms with E-state index in [9.17, 15) is 4.79 Å². The Hall–Kier alpha value is -1.75. The van der Waals surface area contributed by atoms with Crippen LogP contribution in [-0.4, -0.2) is 49.3 Å². The SMILES string of the molecule is COc1cccc(N2CCC3(CC2)NC(=O)C2CCCCN23)c1. The summed E-state index contributed by atoms with van der Waals surface area (Å²) in [7, 11) is 1.70. The first-order valence-corrected chi connectivity index (χ1v) is 8.70. The Kier molecular flexibility index (Phi) is 3.68. The van der Waals surface area contributed by atoms with Crippen molar-refractivity contribution in [2.24, 2.45) is 0 Å². The number of benzene rings is 1. The molecule has 3 saturated heterocycles. The van der Waals surface area contributed by atoms with Gasteiger partial charge in [-0.05, 0) is 25.0 Å². The summed E-state index contributed by atoms with van der Waals surface area (Å²) in [5.74, 6) is 1.15. The van der Waals surface area contributed by atoms with Crippen LogP contribution in [0.25, 0.3) is 0 Å². The van der Waals surface area contributed by atoms with Crippen LogP contribution in [0.5, 0.6) is 5.75 Å². The lowest BCUT2D eigenvalue weighted by molar-refractivity contribution is -0.122. The van der Waals surface area contributed by atoms with E-state index in [1.807, 2.05) is 12.1 Å². The van der Waals surface area contributed by atoms with Crippen LogP contribution in [0.4, 0.5) is 5.69 Å². The van der Waals surface area contributed by atoms with Gasteiger partial charge in [0, 0.05) is 44.2 Å². The van der Waals surface area contributed by atoms with Gasteiger partial charge < -0.3 is 15.0 Å². The van der Waals surface area contributed by atoms with E-state index < -0.39 is 0 Å². The molecule has 3 fully saturated rings. The molecule has 0 aliphatic carbocycles. The van der Waals surface area contributed by atoms with Gasteiger partial charge in [-0.1, -0.05) is 12.5 Å². The molecule has 5 nitrogen and oxygen atoms in total. The zero-order valence-corrected chi connectivity index (χ0v) is 13.8. The summed E-state index contributed by atoms with van der Waals surface area (Å²) < 4.78 is 5.33. The molecule has 3 aliphatic rings. The van der Waals surface area contributed by atoms with E-state index in [-0.39, 0.29) is 17.6 Å². The monoisotopic (exact) mass is 315 g/mol. The summed E-state index contributed by atoms with van der Waals surface area (Å²) in [6.07, 6.45) is 5.40. The number of carbonyl (C=O) groups is 1. The Morgan fingerprint density at radius 1 is 1.22 bits per heavy atom. The second-order valence-electron chi connectivity index (χ2n) is 6.91. The molecule has 124 valence electrons. The molecule has 0 saturated carbocycles. The van der Waals surface area contributed by atoms with Crippen LogP contribution in [0.3, 0.4) is 0 Å². The topological polar surface area (TPSA) is 44.8 Å². The third-order valence-corrected chi connectivity index (χ3v) is 5.72. The van der Waals surface area contributed by atoms with Crippen LogP contribution in [0.1, 0.15) is 32.1 Å². The number of carbonyl (C=O) groups excluding carboxylic acids is 1. The van der Waals surface area contributed by atoms with E-state index >= 15 is 0 Å². The standard InChI is InChI=1S/C18H25N3O2/c1-23-15-6-4-5-14(13-15)20-11-8-18(9-12-20)19-17(22)16-7-2-3-10-21(16)18/h4-6,13,16H,2-3,7-12H2,1H3,(H,19,22). The molecule has 1 amide bonds. The zero-order valence-electron chi connectivity index (χ0n) is 13.8. The molecule has 0 radical (unpaired) electrons. The van der Waals surface area contributed by atoms with E-state index in [4.69, 9.17) is 4.74 Å². The van der Waals surface area contributed by atoms with Crippen molar-refractivity contribution in [2.75, 3.05) is 31.6 Å². The summed E-state index contributed by atoms with van der Waals surface area (Å²) in [5.41, 5.74) is 1.11. The van der Waals surface area contributed by atoms with E-state index in [0.717, 1.165) is 44.6 Å². The predicted molar refractivity (Wildman–Crippen MR) is 89.7 cm³/mol. The fraction of sp³-hybridized carbons (Fsp3) is 0.611. The van der Waals surface area contributed by atoms with Gasteiger partial charge in [0.1, 0.15) is 5.75 Å². The molecule has 0 aromatic heterocycles. The number of methoxy groups -OCH3 is 1. The number of nitrogens with zero attached hydrogens (tertiary/aromatic N) is 2. The first kappa shape index (κ1) is 14.8. The highest BCUT2D eigenvalue weighted by Gasteiger charge is 2.52. The van der Waals surface area contributed by atoms with Gasteiger partial charge >= 0.3 is 0 Å². The number of fused-ring (bicyclic) bond motifs is 2. The minimum atomic E-state index is -0.0997. The van der Waals surface area contributed by atoms with Gasteiger partial charge in [0.05, 0.1) is 18.8 Å². The number of anilines is 1. The summed E-state index contributed by atoms with van der Waals surface area (Å²) in [4.78, 5) is 17.2. The quantitative estimate of drug-likeness (QED) is 0.906. The predicted octanol–water partition coefficient (Wildman–Crippen LogP) is 1.98. The summed E-state index contributed by atoms with van der Waals surface area (Å²) in [6.45, 7) is 3.00. The molecule has 3 heterocycles. The molecule has 1 atom stereocenters. The van der Waals surface area contributed by atoms with Crippen molar-refractivity contribution in [1.29, 1.82) is 0 Å². The lowest BCUT2D eigenvalue weighted by Crippen LogP contribution is -2.59. The van der Waals surface area contributed by atoms with Crippen LogP contribution >= 0.6 is 0 Å². The maximum absolute atomic E-state index is 12.3. The smallest absolute Gasteiger partial charge is 0.238 e. The van der Waals surface area contributed by atoms with Gasteiger partial charge in [-0.2, -0.15) is 0 Å². The van der Waals surface area contributed by atoms with Gasteiger partial charge in [-0.3, -0.25) is 9.69 Å². The van der Waals surface area contributed by atoms with Crippen LogP contribution in [0.15, 0.2) is 24.3 Å². The van der Waals surface area contributed by atoms with Crippen molar-refractivity contribution in [1.82, 2.24) is 10.2 Å². The van der Waals surface area contributed by atoms with Gasteiger partial charge in [-0.25, -0.2) is 0 Å². The number of nitrogens with one attached hydrogen (secondary N) is 1. The maximum atomic E-state index is 12.3. The molecular weight excluding hydrogens is 290 g/mol. The van der Waals surface area contributed by atoms with Crippen molar-refractivity contribution in [3.63, 3.8) is 0 Å². The minimum absolute atomic E-state index is 0.0997. The number of piperidine rings is 2. The fourth-order valence-electron chi connectivity index (χ4n) is 4.46. The third kappa shape index (κ3) is 2.47.